The van der Waals surface area contributed by atoms with E-state index >= 15 is 0 Å². The number of benzene rings is 1. The predicted molar refractivity (Wildman–Crippen MR) is 140 cm³/mol. The highest BCUT2D eigenvalue weighted by atomic mass is 32.2. The van der Waals surface area contributed by atoms with Crippen molar-refractivity contribution >= 4 is 45.9 Å². The summed E-state index contributed by atoms with van der Waals surface area (Å²) in [4.78, 5) is 37.1. The van der Waals surface area contributed by atoms with Gasteiger partial charge in [0.2, 0.25) is 5.91 Å². The molecular formula is C24H27N5O6S2. The van der Waals surface area contributed by atoms with Gasteiger partial charge in [0.25, 0.3) is 5.91 Å². The summed E-state index contributed by atoms with van der Waals surface area (Å²) in [5.41, 5.74) is 5.90. The average molecular weight is 546 g/mol. The van der Waals surface area contributed by atoms with Crippen LogP contribution >= 0.6 is 23.1 Å². The van der Waals surface area contributed by atoms with Gasteiger partial charge in [0.1, 0.15) is 23.1 Å². The van der Waals surface area contributed by atoms with Crippen molar-refractivity contribution in [2.75, 3.05) is 24.8 Å². The van der Waals surface area contributed by atoms with E-state index in [9.17, 15) is 14.4 Å². The second-order valence-corrected chi connectivity index (χ2v) is 9.41. The number of methoxy groups -OCH3 is 1. The van der Waals surface area contributed by atoms with Crippen LogP contribution in [0.2, 0.25) is 0 Å². The molecule has 0 fully saturated rings. The van der Waals surface area contributed by atoms with E-state index in [1.54, 1.807) is 55.9 Å². The summed E-state index contributed by atoms with van der Waals surface area (Å²) >= 11 is 2.09. The van der Waals surface area contributed by atoms with E-state index in [1.807, 2.05) is 0 Å². The second-order valence-electron chi connectivity index (χ2n) is 7.44. The SMILES string of the molecule is C=CCn1c(COc2ccc(OC)cc2)nnc1SCC(=O)Nc1sc(C(N)=O)c(C)c1C(=O)OCC. The van der Waals surface area contributed by atoms with E-state index in [1.165, 1.54) is 0 Å². The highest BCUT2D eigenvalue weighted by Crippen LogP contribution is 2.34. The Morgan fingerprint density at radius 3 is 2.54 bits per heavy atom. The summed E-state index contributed by atoms with van der Waals surface area (Å²) in [5, 5.41) is 11.8. The monoisotopic (exact) mass is 545 g/mol. The van der Waals surface area contributed by atoms with Crippen LogP contribution in [0.25, 0.3) is 0 Å². The van der Waals surface area contributed by atoms with Gasteiger partial charge in [-0.2, -0.15) is 0 Å². The summed E-state index contributed by atoms with van der Waals surface area (Å²) in [6.45, 7) is 7.74. The average Bonchev–Trinajstić information content (AvgIpc) is 3.42. The molecule has 2 amide bonds. The maximum absolute atomic E-state index is 12.7. The van der Waals surface area contributed by atoms with Gasteiger partial charge in [-0.1, -0.05) is 17.8 Å². The van der Waals surface area contributed by atoms with Crippen molar-refractivity contribution in [2.24, 2.45) is 5.73 Å². The first-order valence-electron chi connectivity index (χ1n) is 11.1. The minimum atomic E-state index is -0.690. The number of aromatic nitrogens is 3. The third kappa shape index (κ3) is 6.89. The lowest BCUT2D eigenvalue weighted by atomic mass is 10.1. The lowest BCUT2D eigenvalue weighted by Gasteiger charge is -2.10. The van der Waals surface area contributed by atoms with Crippen LogP contribution in [0, 0.1) is 6.92 Å². The Hall–Kier alpha value is -3.84. The van der Waals surface area contributed by atoms with Crippen LogP contribution in [0.15, 0.2) is 42.1 Å². The molecule has 37 heavy (non-hydrogen) atoms. The summed E-state index contributed by atoms with van der Waals surface area (Å²) in [6, 6.07) is 7.15. The summed E-state index contributed by atoms with van der Waals surface area (Å²) < 4.78 is 17.8. The molecule has 2 heterocycles. The molecule has 3 aromatic rings. The minimum Gasteiger partial charge on any atom is -0.497 e. The number of esters is 1. The molecule has 0 aliphatic carbocycles. The number of carbonyl (C=O) groups is 3. The number of ether oxygens (including phenoxy) is 3. The molecule has 196 valence electrons. The third-order valence-electron chi connectivity index (χ3n) is 4.97. The maximum atomic E-state index is 12.7. The number of nitrogens with two attached hydrogens (primary N) is 1. The van der Waals surface area contributed by atoms with Crippen LogP contribution < -0.4 is 20.5 Å². The van der Waals surface area contributed by atoms with Crippen molar-refractivity contribution < 1.29 is 28.6 Å². The first-order chi connectivity index (χ1) is 17.8. The van der Waals surface area contributed by atoms with Gasteiger partial charge in [0.15, 0.2) is 11.0 Å². The first-order valence-corrected chi connectivity index (χ1v) is 12.9. The van der Waals surface area contributed by atoms with Crippen molar-refractivity contribution in [3.63, 3.8) is 0 Å². The molecule has 2 aromatic heterocycles. The van der Waals surface area contributed by atoms with Gasteiger partial charge in [0, 0.05) is 6.54 Å². The highest BCUT2D eigenvalue weighted by Gasteiger charge is 2.26. The molecule has 0 aliphatic heterocycles. The number of anilines is 1. The van der Waals surface area contributed by atoms with E-state index in [0.29, 0.717) is 28.8 Å². The number of nitrogens with zero attached hydrogens (tertiary/aromatic N) is 3. The number of rotatable bonds is 13. The number of primary amides is 1. The molecule has 0 spiro atoms. The fourth-order valence-corrected chi connectivity index (χ4v) is 5.07. The zero-order valence-electron chi connectivity index (χ0n) is 20.6. The minimum absolute atomic E-state index is 0.0280. The molecule has 0 aliphatic rings. The van der Waals surface area contributed by atoms with Crippen molar-refractivity contribution in [3.05, 3.63) is 58.7 Å². The quantitative estimate of drug-likeness (QED) is 0.187. The Morgan fingerprint density at radius 2 is 1.92 bits per heavy atom. The van der Waals surface area contributed by atoms with Gasteiger partial charge in [-0.05, 0) is 43.7 Å². The lowest BCUT2D eigenvalue weighted by Crippen LogP contribution is -2.17. The number of thioether (sulfide) groups is 1. The lowest BCUT2D eigenvalue weighted by molar-refractivity contribution is -0.113. The number of nitrogens with one attached hydrogen (secondary N) is 1. The summed E-state index contributed by atoms with van der Waals surface area (Å²) in [7, 11) is 1.59. The molecule has 0 bridgehead atoms. The van der Waals surface area contributed by atoms with E-state index in [4.69, 9.17) is 19.9 Å². The Labute approximate surface area is 222 Å². The molecule has 0 unspecified atom stereocenters. The Morgan fingerprint density at radius 1 is 1.22 bits per heavy atom. The topological polar surface area (TPSA) is 148 Å². The van der Waals surface area contributed by atoms with Crippen molar-refractivity contribution in [1.82, 2.24) is 14.8 Å². The van der Waals surface area contributed by atoms with Crippen molar-refractivity contribution in [2.45, 2.75) is 32.2 Å². The number of carbonyl (C=O) groups excluding carboxylic acids is 3. The zero-order chi connectivity index (χ0) is 26.9. The second kappa shape index (κ2) is 12.9. The third-order valence-corrected chi connectivity index (χ3v) is 7.16. The molecular weight excluding hydrogens is 518 g/mol. The molecule has 0 radical (unpaired) electrons. The van der Waals surface area contributed by atoms with E-state index in [0.717, 1.165) is 28.8 Å². The number of hydrogen-bond donors (Lipinski definition) is 2. The van der Waals surface area contributed by atoms with E-state index in [-0.39, 0.29) is 34.4 Å². The Kier molecular flexibility index (Phi) is 9.69. The van der Waals surface area contributed by atoms with E-state index < -0.39 is 17.8 Å². The number of amides is 2. The molecule has 3 rings (SSSR count). The molecule has 3 N–H and O–H groups in total. The highest BCUT2D eigenvalue weighted by molar-refractivity contribution is 7.99. The fraction of sp³-hybridized carbons (Fsp3) is 0.292. The van der Waals surface area contributed by atoms with Crippen LogP contribution in [-0.2, 0) is 22.7 Å². The van der Waals surface area contributed by atoms with Crippen LogP contribution in [0.3, 0.4) is 0 Å². The Balaban J connectivity index is 1.69. The maximum Gasteiger partial charge on any atom is 0.341 e. The fourth-order valence-electron chi connectivity index (χ4n) is 3.24. The molecule has 11 nitrogen and oxygen atoms in total. The van der Waals surface area contributed by atoms with Crippen LogP contribution in [0.4, 0.5) is 5.00 Å². The van der Waals surface area contributed by atoms with Crippen LogP contribution in [0.5, 0.6) is 11.5 Å². The predicted octanol–water partition coefficient (Wildman–Crippen LogP) is 3.43. The molecule has 0 saturated carbocycles. The van der Waals surface area contributed by atoms with Gasteiger partial charge in [0.05, 0.1) is 29.9 Å². The van der Waals surface area contributed by atoms with Gasteiger partial charge < -0.3 is 25.3 Å². The van der Waals surface area contributed by atoms with Gasteiger partial charge >= 0.3 is 5.97 Å². The number of thiophene rings is 1. The number of allylic oxidation sites excluding steroid dienone is 1. The number of hydrogen-bond acceptors (Lipinski definition) is 10. The van der Waals surface area contributed by atoms with Crippen molar-refractivity contribution in [3.8, 4) is 11.5 Å². The van der Waals surface area contributed by atoms with Gasteiger partial charge in [-0.3, -0.25) is 14.2 Å². The Bertz CT molecular complexity index is 1290. The largest absolute Gasteiger partial charge is 0.497 e. The van der Waals surface area contributed by atoms with E-state index in [2.05, 4.69) is 22.1 Å². The zero-order valence-corrected chi connectivity index (χ0v) is 22.2. The molecule has 13 heteroatoms. The van der Waals surface area contributed by atoms with Gasteiger partial charge in [-0.15, -0.1) is 28.1 Å². The van der Waals surface area contributed by atoms with Gasteiger partial charge in [-0.25, -0.2) is 4.79 Å². The van der Waals surface area contributed by atoms with Crippen LogP contribution in [-0.4, -0.2) is 52.0 Å². The summed E-state index contributed by atoms with van der Waals surface area (Å²) in [6.07, 6.45) is 1.69. The smallest absolute Gasteiger partial charge is 0.341 e. The standard InChI is InChI=1S/C24H27N5O6S2/c1-5-11-29-17(12-35-16-9-7-15(33-4)8-10-16)27-28-24(29)36-13-18(30)26-22-19(23(32)34-6-2)14(3)20(37-22)21(25)31/h5,7-10H,1,6,11-13H2,2-4H3,(H2,25,31)(H,26,30). The first kappa shape index (κ1) is 27.7. The normalized spacial score (nSPS) is 10.6. The van der Waals surface area contributed by atoms with Crippen molar-refractivity contribution in [1.29, 1.82) is 0 Å². The molecule has 1 aromatic carbocycles. The molecule has 0 atom stereocenters. The summed E-state index contributed by atoms with van der Waals surface area (Å²) in [5.74, 6) is 0.155. The van der Waals surface area contributed by atoms with Crippen LogP contribution in [0.1, 0.15) is 38.3 Å². The molecule has 0 saturated heterocycles.